The van der Waals surface area contributed by atoms with E-state index in [1.807, 2.05) is 37.3 Å². The first-order valence-corrected chi connectivity index (χ1v) is 14.0. The highest BCUT2D eigenvalue weighted by atomic mass is 32.3. The maximum absolute atomic E-state index is 14.0. The molecule has 7 nitrogen and oxygen atoms in total. The molecule has 9 heteroatoms. The van der Waals surface area contributed by atoms with Gasteiger partial charge in [0.25, 0.3) is 0 Å². The van der Waals surface area contributed by atoms with Gasteiger partial charge in [0.2, 0.25) is 0 Å². The van der Waals surface area contributed by atoms with E-state index in [4.69, 9.17) is 6.42 Å². The van der Waals surface area contributed by atoms with E-state index in [1.165, 1.54) is 12.1 Å². The minimum absolute atomic E-state index is 0.0702. The third kappa shape index (κ3) is 4.46. The van der Waals surface area contributed by atoms with E-state index in [2.05, 4.69) is 31.6 Å². The minimum Gasteiger partial charge on any atom is -0.358 e. The average Bonchev–Trinajstić information content (AvgIpc) is 3.27. The number of fused-ring (bicyclic) bond motifs is 4. The van der Waals surface area contributed by atoms with Crippen LogP contribution in [0, 0.1) is 19.3 Å². The second-order valence-corrected chi connectivity index (χ2v) is 11.1. The van der Waals surface area contributed by atoms with Crippen molar-refractivity contribution in [3.05, 3.63) is 75.9 Å². The molecule has 2 aromatic heterocycles. The Morgan fingerprint density at radius 2 is 1.85 bits per heavy atom. The van der Waals surface area contributed by atoms with Crippen molar-refractivity contribution in [3.8, 4) is 29.2 Å². The van der Waals surface area contributed by atoms with E-state index in [0.717, 1.165) is 64.7 Å². The van der Waals surface area contributed by atoms with Crippen molar-refractivity contribution >= 4 is 43.3 Å². The molecule has 1 saturated heterocycles. The zero-order chi connectivity index (χ0) is 27.5. The molecule has 0 spiro atoms. The molecule has 1 aliphatic rings. The SMILES string of the molecule is C#Cc1ccc2c(c1)[nH]c1c2c(=O)c2cc(C)c(-c3cccc(OS(=O)(=O)F)c3)cc2n1C1CCN(C)CC1. The maximum atomic E-state index is 14.0. The van der Waals surface area contributed by atoms with E-state index in [0.29, 0.717) is 16.3 Å². The van der Waals surface area contributed by atoms with Gasteiger partial charge in [0.05, 0.1) is 10.9 Å². The standard InChI is InChI=1S/C30H26FN3O4S/c1-4-19-8-9-23-26(15-19)32-30-28(23)29(35)25-14-18(2)24(20-6-5-7-22(16-20)38-39(31,36)37)17-27(25)34(30)21-10-12-33(3)13-11-21/h1,5-9,14-17,21,32H,10-13H2,2-3H3. The quantitative estimate of drug-likeness (QED) is 0.241. The molecule has 3 aromatic carbocycles. The van der Waals surface area contributed by atoms with Crippen LogP contribution in [-0.4, -0.2) is 43.0 Å². The second-order valence-electron chi connectivity index (χ2n) is 10.2. The van der Waals surface area contributed by atoms with Gasteiger partial charge >= 0.3 is 10.5 Å². The largest absolute Gasteiger partial charge is 0.488 e. The predicted molar refractivity (Wildman–Crippen MR) is 152 cm³/mol. The Balaban J connectivity index is 1.66. The van der Waals surface area contributed by atoms with Gasteiger partial charge in [0, 0.05) is 27.9 Å². The molecular formula is C30H26FN3O4S. The number of terminal acetylenes is 1. The smallest absolute Gasteiger partial charge is 0.358 e. The molecule has 1 fully saturated rings. The lowest BCUT2D eigenvalue weighted by Crippen LogP contribution is -2.32. The Morgan fingerprint density at radius 1 is 1.08 bits per heavy atom. The van der Waals surface area contributed by atoms with Crippen molar-refractivity contribution in [3.63, 3.8) is 0 Å². The zero-order valence-corrected chi connectivity index (χ0v) is 22.3. The van der Waals surface area contributed by atoms with Crippen LogP contribution in [0.15, 0.2) is 59.4 Å². The van der Waals surface area contributed by atoms with Crippen molar-refractivity contribution in [1.29, 1.82) is 0 Å². The van der Waals surface area contributed by atoms with Crippen molar-refractivity contribution in [2.75, 3.05) is 20.1 Å². The molecule has 39 heavy (non-hydrogen) atoms. The number of H-pyrrole nitrogens is 1. The van der Waals surface area contributed by atoms with Gasteiger partial charge in [0.15, 0.2) is 5.43 Å². The van der Waals surface area contributed by atoms with Gasteiger partial charge in [-0.2, -0.15) is 8.42 Å². The summed E-state index contributed by atoms with van der Waals surface area (Å²) in [6, 6.07) is 15.9. The summed E-state index contributed by atoms with van der Waals surface area (Å²) in [6.07, 6.45) is 7.46. The van der Waals surface area contributed by atoms with Crippen LogP contribution in [0.25, 0.3) is 44.0 Å². The van der Waals surface area contributed by atoms with E-state index in [-0.39, 0.29) is 17.2 Å². The number of rotatable bonds is 4. The molecule has 1 N–H and O–H groups in total. The lowest BCUT2D eigenvalue weighted by Gasteiger charge is -2.32. The van der Waals surface area contributed by atoms with E-state index in [9.17, 15) is 17.1 Å². The van der Waals surface area contributed by atoms with Crippen LogP contribution < -0.4 is 9.61 Å². The summed E-state index contributed by atoms with van der Waals surface area (Å²) in [5.41, 5.74) is 5.25. The molecule has 5 aromatic rings. The first-order chi connectivity index (χ1) is 18.6. The highest BCUT2D eigenvalue weighted by Gasteiger charge is 2.25. The van der Waals surface area contributed by atoms with Gasteiger partial charge in [-0.3, -0.25) is 4.79 Å². The van der Waals surface area contributed by atoms with Crippen LogP contribution in [-0.2, 0) is 10.5 Å². The summed E-state index contributed by atoms with van der Waals surface area (Å²) < 4.78 is 42.1. The van der Waals surface area contributed by atoms with Crippen LogP contribution in [0.5, 0.6) is 5.75 Å². The lowest BCUT2D eigenvalue weighted by molar-refractivity contribution is 0.226. The number of halogens is 1. The summed E-state index contributed by atoms with van der Waals surface area (Å²) in [5.74, 6) is 2.54. The van der Waals surface area contributed by atoms with Crippen molar-refractivity contribution in [1.82, 2.24) is 14.5 Å². The van der Waals surface area contributed by atoms with Gasteiger partial charge in [-0.1, -0.05) is 28.0 Å². The predicted octanol–water partition coefficient (Wildman–Crippen LogP) is 5.45. The fourth-order valence-electron chi connectivity index (χ4n) is 5.79. The van der Waals surface area contributed by atoms with Gasteiger partial charge < -0.3 is 18.6 Å². The molecule has 3 heterocycles. The molecule has 0 amide bonds. The fraction of sp³-hybridized carbons (Fsp3) is 0.233. The maximum Gasteiger partial charge on any atom is 0.488 e. The van der Waals surface area contributed by atoms with Gasteiger partial charge in [-0.05, 0) is 93.0 Å². The van der Waals surface area contributed by atoms with Crippen molar-refractivity contribution in [2.45, 2.75) is 25.8 Å². The van der Waals surface area contributed by atoms with Gasteiger partial charge in [-0.25, -0.2) is 0 Å². The first-order valence-electron chi connectivity index (χ1n) is 12.7. The second kappa shape index (κ2) is 9.26. The molecule has 0 unspecified atom stereocenters. The number of hydrogen-bond acceptors (Lipinski definition) is 5. The number of likely N-dealkylation sites (tertiary alicyclic amines) is 1. The molecular weight excluding hydrogens is 517 g/mol. The summed E-state index contributed by atoms with van der Waals surface area (Å²) in [7, 11) is -3.06. The topological polar surface area (TPSA) is 84.4 Å². The number of aromatic nitrogens is 2. The third-order valence-electron chi connectivity index (χ3n) is 7.65. The molecule has 0 saturated carbocycles. The van der Waals surface area contributed by atoms with Crippen LogP contribution in [0.2, 0.25) is 0 Å². The Hall–Kier alpha value is -4.13. The molecule has 1 aliphatic heterocycles. The monoisotopic (exact) mass is 543 g/mol. The molecule has 0 aliphatic carbocycles. The number of piperidine rings is 1. The number of aromatic amines is 1. The number of hydrogen-bond donors (Lipinski definition) is 1. The van der Waals surface area contributed by atoms with E-state index < -0.39 is 10.5 Å². The van der Waals surface area contributed by atoms with Crippen LogP contribution in [0.1, 0.15) is 30.0 Å². The van der Waals surface area contributed by atoms with Crippen molar-refractivity contribution < 1.29 is 16.5 Å². The molecule has 0 atom stereocenters. The summed E-state index contributed by atoms with van der Waals surface area (Å²) in [4.78, 5) is 19.8. The van der Waals surface area contributed by atoms with Crippen LogP contribution in [0.4, 0.5) is 3.89 Å². The van der Waals surface area contributed by atoms with Crippen LogP contribution >= 0.6 is 0 Å². The molecule has 0 radical (unpaired) electrons. The number of benzene rings is 3. The van der Waals surface area contributed by atoms with Crippen LogP contribution in [0.3, 0.4) is 0 Å². The van der Waals surface area contributed by atoms with Gasteiger partial charge in [-0.15, -0.1) is 6.42 Å². The summed E-state index contributed by atoms with van der Waals surface area (Å²) in [5, 5.41) is 2.07. The lowest BCUT2D eigenvalue weighted by atomic mass is 9.96. The summed E-state index contributed by atoms with van der Waals surface area (Å²) >= 11 is 0. The minimum atomic E-state index is -5.16. The number of aryl methyl sites for hydroxylation is 1. The third-order valence-corrected chi connectivity index (χ3v) is 8.05. The number of nitrogens with one attached hydrogen (secondary N) is 1. The Morgan fingerprint density at radius 3 is 2.56 bits per heavy atom. The highest BCUT2D eigenvalue weighted by Crippen LogP contribution is 2.36. The summed E-state index contributed by atoms with van der Waals surface area (Å²) in [6.45, 7) is 3.75. The van der Waals surface area contributed by atoms with E-state index >= 15 is 0 Å². The molecule has 6 rings (SSSR count). The molecule has 198 valence electrons. The van der Waals surface area contributed by atoms with E-state index in [1.54, 1.807) is 12.1 Å². The Kier molecular flexibility index (Phi) is 5.97. The van der Waals surface area contributed by atoms with Crippen molar-refractivity contribution in [2.24, 2.45) is 0 Å². The highest BCUT2D eigenvalue weighted by molar-refractivity contribution is 7.81. The zero-order valence-electron chi connectivity index (χ0n) is 21.5. The molecule has 0 bridgehead atoms. The number of nitrogens with zero attached hydrogens (tertiary/aromatic N) is 2. The Bertz CT molecular complexity index is 2000. The normalized spacial score (nSPS) is 15.2. The average molecular weight is 544 g/mol. The van der Waals surface area contributed by atoms with Gasteiger partial charge in [0.1, 0.15) is 11.4 Å². The fourth-order valence-corrected chi connectivity index (χ4v) is 6.12. The Labute approximate surface area is 225 Å². The number of pyridine rings is 1. The first kappa shape index (κ1) is 25.2.